The molecule has 20 heavy (non-hydrogen) atoms. The molecule has 2 rings (SSSR count). The smallest absolute Gasteiger partial charge is 0.310 e. The van der Waals surface area contributed by atoms with Gasteiger partial charge >= 0.3 is 5.97 Å². The van der Waals surface area contributed by atoms with Crippen LogP contribution in [-0.4, -0.2) is 25.7 Å². The lowest BCUT2D eigenvalue weighted by Gasteiger charge is -2.34. The Labute approximate surface area is 127 Å². The largest absolute Gasteiger partial charge is 0.466 e. The fraction of sp³-hybridized carbons (Fsp3) is 0.467. The predicted octanol–water partition coefficient (Wildman–Crippen LogP) is 3.10. The maximum absolute atomic E-state index is 11.9. The van der Waals surface area contributed by atoms with Crippen LogP contribution in [0.2, 0.25) is 0 Å². The molecule has 1 aromatic carbocycles. The molecule has 0 bridgehead atoms. The molecule has 0 spiro atoms. The zero-order valence-electron chi connectivity index (χ0n) is 11.4. The molecule has 0 saturated carbocycles. The van der Waals surface area contributed by atoms with Crippen LogP contribution < -0.4 is 4.90 Å². The summed E-state index contributed by atoms with van der Waals surface area (Å²) in [6.45, 7) is 3.69. The number of anilines is 1. The van der Waals surface area contributed by atoms with E-state index in [0.717, 1.165) is 29.5 Å². The molecule has 4 nitrogen and oxygen atoms in total. The molecule has 0 aliphatic carbocycles. The normalized spacial score (nSPS) is 18.4. The van der Waals surface area contributed by atoms with Crippen LogP contribution in [-0.2, 0) is 9.53 Å². The number of nitriles is 1. The van der Waals surface area contributed by atoms with Crippen LogP contribution in [0.3, 0.4) is 0 Å². The standard InChI is InChI=1S/C15H17BrN2O2/c1-2-20-15(19)12-6-4-8-18(10-12)14-11(9-17)5-3-7-13(14)16/h3,5,7,12H,2,4,6,8,10H2,1H3. The zero-order valence-corrected chi connectivity index (χ0v) is 13.0. The van der Waals surface area contributed by atoms with E-state index in [2.05, 4.69) is 26.9 Å². The molecule has 1 saturated heterocycles. The minimum Gasteiger partial charge on any atom is -0.466 e. The first kappa shape index (κ1) is 14.9. The third-order valence-electron chi connectivity index (χ3n) is 3.46. The summed E-state index contributed by atoms with van der Waals surface area (Å²) in [7, 11) is 0. The van der Waals surface area contributed by atoms with Crippen molar-refractivity contribution in [1.82, 2.24) is 0 Å². The van der Waals surface area contributed by atoms with Gasteiger partial charge in [-0.15, -0.1) is 0 Å². The maximum atomic E-state index is 11.9. The summed E-state index contributed by atoms with van der Waals surface area (Å²) < 4.78 is 6.00. The lowest BCUT2D eigenvalue weighted by atomic mass is 9.97. The number of rotatable bonds is 3. The van der Waals surface area contributed by atoms with Gasteiger partial charge in [-0.1, -0.05) is 6.07 Å². The zero-order chi connectivity index (χ0) is 14.5. The first-order valence-corrected chi connectivity index (χ1v) is 7.56. The average molecular weight is 337 g/mol. The van der Waals surface area contributed by atoms with E-state index in [0.29, 0.717) is 18.7 Å². The Morgan fingerprint density at radius 3 is 3.10 bits per heavy atom. The highest BCUT2D eigenvalue weighted by Gasteiger charge is 2.28. The van der Waals surface area contributed by atoms with Crippen LogP contribution in [0, 0.1) is 17.2 Å². The summed E-state index contributed by atoms with van der Waals surface area (Å²) >= 11 is 3.50. The molecule has 0 N–H and O–H groups in total. The highest BCUT2D eigenvalue weighted by molar-refractivity contribution is 9.10. The van der Waals surface area contributed by atoms with Crippen molar-refractivity contribution >= 4 is 27.6 Å². The van der Waals surface area contributed by atoms with Crippen molar-refractivity contribution in [3.63, 3.8) is 0 Å². The van der Waals surface area contributed by atoms with E-state index in [-0.39, 0.29) is 11.9 Å². The second-order valence-electron chi connectivity index (χ2n) is 4.79. The van der Waals surface area contributed by atoms with E-state index in [1.807, 2.05) is 19.1 Å². The molecule has 5 heteroatoms. The van der Waals surface area contributed by atoms with E-state index < -0.39 is 0 Å². The Morgan fingerprint density at radius 1 is 1.60 bits per heavy atom. The monoisotopic (exact) mass is 336 g/mol. The molecule has 1 aromatic rings. The molecule has 1 fully saturated rings. The van der Waals surface area contributed by atoms with Crippen LogP contribution in [0.1, 0.15) is 25.3 Å². The number of esters is 1. The van der Waals surface area contributed by atoms with Crippen molar-refractivity contribution in [2.24, 2.45) is 5.92 Å². The second kappa shape index (κ2) is 6.76. The molecule has 106 valence electrons. The molecule has 1 unspecified atom stereocenters. The van der Waals surface area contributed by atoms with Gasteiger partial charge in [0.05, 0.1) is 23.8 Å². The van der Waals surface area contributed by atoms with E-state index >= 15 is 0 Å². The lowest BCUT2D eigenvalue weighted by molar-refractivity contribution is -0.148. The van der Waals surface area contributed by atoms with Gasteiger partial charge in [-0.05, 0) is 47.8 Å². The van der Waals surface area contributed by atoms with Crippen LogP contribution in [0.25, 0.3) is 0 Å². The Kier molecular flexibility index (Phi) is 5.02. The van der Waals surface area contributed by atoms with Crippen molar-refractivity contribution in [3.8, 4) is 6.07 Å². The number of hydrogen-bond acceptors (Lipinski definition) is 4. The Balaban J connectivity index is 2.22. The van der Waals surface area contributed by atoms with Crippen LogP contribution in [0.4, 0.5) is 5.69 Å². The molecule has 1 aliphatic heterocycles. The van der Waals surface area contributed by atoms with E-state index in [9.17, 15) is 10.1 Å². The minimum atomic E-state index is -0.136. The molecule has 0 radical (unpaired) electrons. The average Bonchev–Trinajstić information content (AvgIpc) is 2.47. The van der Waals surface area contributed by atoms with Crippen LogP contribution in [0.15, 0.2) is 22.7 Å². The first-order chi connectivity index (χ1) is 9.67. The third-order valence-corrected chi connectivity index (χ3v) is 4.10. The van der Waals surface area contributed by atoms with E-state index in [4.69, 9.17) is 4.74 Å². The number of carbonyl (C=O) groups is 1. The SMILES string of the molecule is CCOC(=O)C1CCCN(c2c(Br)cccc2C#N)C1. The number of benzene rings is 1. The van der Waals surface area contributed by atoms with Gasteiger partial charge in [0.25, 0.3) is 0 Å². The summed E-state index contributed by atoms with van der Waals surface area (Å²) in [4.78, 5) is 14.0. The second-order valence-corrected chi connectivity index (χ2v) is 5.64. The van der Waals surface area contributed by atoms with Crippen molar-refractivity contribution in [1.29, 1.82) is 5.26 Å². The summed E-state index contributed by atoms with van der Waals surface area (Å²) in [6.07, 6.45) is 1.78. The Bertz CT molecular complexity index is 539. The van der Waals surface area contributed by atoms with Crippen molar-refractivity contribution in [3.05, 3.63) is 28.2 Å². The molecule has 1 heterocycles. The number of piperidine rings is 1. The number of halogens is 1. The molecular formula is C15H17BrN2O2. The van der Waals surface area contributed by atoms with Crippen molar-refractivity contribution < 1.29 is 9.53 Å². The predicted molar refractivity (Wildman–Crippen MR) is 80.4 cm³/mol. The summed E-state index contributed by atoms with van der Waals surface area (Å²) in [5.74, 6) is -0.245. The lowest BCUT2D eigenvalue weighted by Crippen LogP contribution is -2.40. The van der Waals surface area contributed by atoms with Gasteiger partial charge in [-0.2, -0.15) is 5.26 Å². The number of carbonyl (C=O) groups excluding carboxylic acids is 1. The van der Waals surface area contributed by atoms with Gasteiger partial charge in [0, 0.05) is 17.6 Å². The highest BCUT2D eigenvalue weighted by Crippen LogP contribution is 2.33. The number of para-hydroxylation sites is 1. The number of hydrogen-bond donors (Lipinski definition) is 0. The number of ether oxygens (including phenoxy) is 1. The van der Waals surface area contributed by atoms with Crippen molar-refractivity contribution in [2.75, 3.05) is 24.6 Å². The molecule has 1 atom stereocenters. The van der Waals surface area contributed by atoms with Gasteiger partial charge in [0.2, 0.25) is 0 Å². The maximum Gasteiger partial charge on any atom is 0.310 e. The minimum absolute atomic E-state index is 0.109. The van der Waals surface area contributed by atoms with Crippen LogP contribution >= 0.6 is 15.9 Å². The topological polar surface area (TPSA) is 53.3 Å². The van der Waals surface area contributed by atoms with Crippen LogP contribution in [0.5, 0.6) is 0 Å². The third kappa shape index (κ3) is 3.13. The molecule has 1 aliphatic rings. The summed E-state index contributed by atoms with van der Waals surface area (Å²) in [5.41, 5.74) is 1.51. The van der Waals surface area contributed by atoms with Gasteiger partial charge in [-0.3, -0.25) is 4.79 Å². The highest BCUT2D eigenvalue weighted by atomic mass is 79.9. The fourth-order valence-corrected chi connectivity index (χ4v) is 3.18. The Morgan fingerprint density at radius 2 is 2.40 bits per heavy atom. The number of nitrogens with zero attached hydrogens (tertiary/aromatic N) is 2. The molecule has 0 aromatic heterocycles. The van der Waals surface area contributed by atoms with E-state index in [1.165, 1.54) is 0 Å². The van der Waals surface area contributed by atoms with Gasteiger partial charge in [0.1, 0.15) is 6.07 Å². The first-order valence-electron chi connectivity index (χ1n) is 6.77. The fourth-order valence-electron chi connectivity index (χ4n) is 2.56. The summed E-state index contributed by atoms with van der Waals surface area (Å²) in [6, 6.07) is 7.78. The quantitative estimate of drug-likeness (QED) is 0.796. The van der Waals surface area contributed by atoms with Gasteiger partial charge in [0.15, 0.2) is 0 Å². The molecule has 0 amide bonds. The van der Waals surface area contributed by atoms with Crippen molar-refractivity contribution in [2.45, 2.75) is 19.8 Å². The van der Waals surface area contributed by atoms with E-state index in [1.54, 1.807) is 6.07 Å². The van der Waals surface area contributed by atoms with Gasteiger partial charge in [-0.25, -0.2) is 0 Å². The molecular weight excluding hydrogens is 320 g/mol. The van der Waals surface area contributed by atoms with Gasteiger partial charge < -0.3 is 9.64 Å². The summed E-state index contributed by atoms with van der Waals surface area (Å²) in [5, 5.41) is 9.24. The Hall–Kier alpha value is -1.54.